The van der Waals surface area contributed by atoms with Crippen molar-refractivity contribution in [2.24, 2.45) is 0 Å². The first-order chi connectivity index (χ1) is 7.59. The lowest BCUT2D eigenvalue weighted by Gasteiger charge is -2.17. The van der Waals surface area contributed by atoms with E-state index in [0.717, 1.165) is 13.0 Å². The highest BCUT2D eigenvalue weighted by Gasteiger charge is 2.12. The van der Waals surface area contributed by atoms with E-state index in [1.54, 1.807) is 26.1 Å². The molecule has 16 heavy (non-hydrogen) atoms. The average Bonchev–Trinajstić information content (AvgIpc) is 2.26. The highest BCUT2D eigenvalue weighted by Crippen LogP contribution is 1.89. The third kappa shape index (κ3) is 7.62. The molecule has 0 aliphatic rings. The summed E-state index contributed by atoms with van der Waals surface area (Å²) in [6.45, 7) is 4.60. The van der Waals surface area contributed by atoms with Gasteiger partial charge in [0.25, 0.3) is 0 Å². The number of ether oxygens (including phenoxy) is 2. The first-order valence-electron chi connectivity index (χ1n) is 5.60. The smallest absolute Gasteiger partial charge is 0.238 e. The zero-order valence-corrected chi connectivity index (χ0v) is 10.8. The first kappa shape index (κ1) is 15.3. The van der Waals surface area contributed by atoms with Crippen molar-refractivity contribution >= 4 is 5.91 Å². The monoisotopic (exact) mass is 232 g/mol. The summed E-state index contributed by atoms with van der Waals surface area (Å²) in [6.07, 6.45) is 0.898. The summed E-state index contributed by atoms with van der Waals surface area (Å²) in [6, 6.07) is -0.131. The van der Waals surface area contributed by atoms with E-state index in [-0.39, 0.29) is 11.9 Å². The molecule has 0 spiro atoms. The Hall–Kier alpha value is -0.650. The fourth-order valence-electron chi connectivity index (χ4n) is 1.21. The Bertz CT molecular complexity index is 186. The predicted molar refractivity (Wildman–Crippen MR) is 63.5 cm³/mol. The second kappa shape index (κ2) is 9.57. The number of carbonyl (C=O) groups is 1. The zero-order valence-electron chi connectivity index (χ0n) is 10.8. The van der Waals surface area contributed by atoms with Gasteiger partial charge in [-0.15, -0.1) is 0 Å². The lowest BCUT2D eigenvalue weighted by Crippen LogP contribution is -2.42. The van der Waals surface area contributed by atoms with Crippen molar-refractivity contribution in [3.8, 4) is 0 Å². The summed E-state index contributed by atoms with van der Waals surface area (Å²) < 4.78 is 10.2. The van der Waals surface area contributed by atoms with Crippen molar-refractivity contribution in [1.29, 1.82) is 0 Å². The van der Waals surface area contributed by atoms with Gasteiger partial charge in [0.1, 0.15) is 0 Å². The Morgan fingerprint density at radius 3 is 2.56 bits per heavy atom. The summed E-state index contributed by atoms with van der Waals surface area (Å²) in [5, 5.41) is 3.15. The standard InChI is InChI=1S/C11H24N2O3/c1-10(11(14)13(2)3)12-6-5-7-16-9-8-15-4/h10,12H,5-9H2,1-4H3. The molecular formula is C11H24N2O3. The molecule has 0 radical (unpaired) electrons. The molecule has 1 unspecified atom stereocenters. The van der Waals surface area contributed by atoms with Crippen molar-refractivity contribution < 1.29 is 14.3 Å². The molecule has 0 aliphatic carbocycles. The molecule has 0 aromatic heterocycles. The van der Waals surface area contributed by atoms with Crippen LogP contribution in [0.1, 0.15) is 13.3 Å². The van der Waals surface area contributed by atoms with E-state index in [9.17, 15) is 4.79 Å². The Morgan fingerprint density at radius 1 is 1.31 bits per heavy atom. The number of amides is 1. The van der Waals surface area contributed by atoms with Gasteiger partial charge in [-0.3, -0.25) is 4.79 Å². The third-order valence-corrected chi connectivity index (χ3v) is 2.16. The molecule has 0 saturated carbocycles. The van der Waals surface area contributed by atoms with Crippen LogP contribution in [0.15, 0.2) is 0 Å². The van der Waals surface area contributed by atoms with E-state index in [4.69, 9.17) is 9.47 Å². The van der Waals surface area contributed by atoms with Crippen LogP contribution in [0, 0.1) is 0 Å². The Morgan fingerprint density at radius 2 is 2.00 bits per heavy atom. The maximum atomic E-state index is 11.5. The van der Waals surface area contributed by atoms with Crippen molar-refractivity contribution in [1.82, 2.24) is 10.2 Å². The van der Waals surface area contributed by atoms with Gasteiger partial charge in [-0.1, -0.05) is 0 Å². The van der Waals surface area contributed by atoms with Crippen LogP contribution in [0.3, 0.4) is 0 Å². The topological polar surface area (TPSA) is 50.8 Å². The predicted octanol–water partition coefficient (Wildman–Crippen LogP) is 0.106. The minimum atomic E-state index is -0.131. The molecule has 96 valence electrons. The van der Waals surface area contributed by atoms with E-state index in [1.807, 2.05) is 6.92 Å². The number of likely N-dealkylation sites (N-methyl/N-ethyl adjacent to an activating group) is 1. The summed E-state index contributed by atoms with van der Waals surface area (Å²) in [7, 11) is 5.17. The number of methoxy groups -OCH3 is 1. The molecule has 0 saturated heterocycles. The molecular weight excluding hydrogens is 208 g/mol. The van der Waals surface area contributed by atoms with Crippen LogP contribution in [-0.2, 0) is 14.3 Å². The molecule has 5 heteroatoms. The maximum Gasteiger partial charge on any atom is 0.238 e. The van der Waals surface area contributed by atoms with Crippen LogP contribution >= 0.6 is 0 Å². The highest BCUT2D eigenvalue weighted by molar-refractivity contribution is 5.80. The van der Waals surface area contributed by atoms with Crippen LogP contribution in [0.5, 0.6) is 0 Å². The van der Waals surface area contributed by atoms with Gasteiger partial charge in [0.15, 0.2) is 0 Å². The number of hydrogen-bond acceptors (Lipinski definition) is 4. The number of hydrogen-bond donors (Lipinski definition) is 1. The van der Waals surface area contributed by atoms with Crippen LogP contribution in [0.2, 0.25) is 0 Å². The van der Waals surface area contributed by atoms with Crippen LogP contribution < -0.4 is 5.32 Å². The van der Waals surface area contributed by atoms with Gasteiger partial charge in [0.2, 0.25) is 5.91 Å². The van der Waals surface area contributed by atoms with E-state index < -0.39 is 0 Å². The second-order valence-corrected chi connectivity index (χ2v) is 3.87. The average molecular weight is 232 g/mol. The minimum Gasteiger partial charge on any atom is -0.382 e. The molecule has 5 nitrogen and oxygen atoms in total. The van der Waals surface area contributed by atoms with Gasteiger partial charge in [-0.05, 0) is 19.9 Å². The molecule has 1 amide bonds. The highest BCUT2D eigenvalue weighted by atomic mass is 16.5. The molecule has 0 aromatic carbocycles. The summed E-state index contributed by atoms with van der Waals surface area (Å²) >= 11 is 0. The fourth-order valence-corrected chi connectivity index (χ4v) is 1.21. The number of nitrogens with one attached hydrogen (secondary N) is 1. The molecule has 0 aromatic rings. The summed E-state index contributed by atoms with van der Waals surface area (Å²) in [5.74, 6) is 0.0975. The van der Waals surface area contributed by atoms with E-state index in [0.29, 0.717) is 19.8 Å². The van der Waals surface area contributed by atoms with Gasteiger partial charge < -0.3 is 19.7 Å². The van der Waals surface area contributed by atoms with Crippen molar-refractivity contribution in [3.05, 3.63) is 0 Å². The van der Waals surface area contributed by atoms with Crippen molar-refractivity contribution in [3.63, 3.8) is 0 Å². The summed E-state index contributed by atoms with van der Waals surface area (Å²) in [5.41, 5.74) is 0. The van der Waals surface area contributed by atoms with Gasteiger partial charge in [-0.2, -0.15) is 0 Å². The van der Waals surface area contributed by atoms with Gasteiger partial charge in [0.05, 0.1) is 19.3 Å². The molecule has 0 aliphatic heterocycles. The number of rotatable bonds is 9. The van der Waals surface area contributed by atoms with Gasteiger partial charge in [0, 0.05) is 27.8 Å². The molecule has 0 bridgehead atoms. The van der Waals surface area contributed by atoms with Crippen LogP contribution in [0.25, 0.3) is 0 Å². The Kier molecular flexibility index (Phi) is 9.18. The Balaban J connectivity index is 3.34. The largest absolute Gasteiger partial charge is 0.382 e. The van der Waals surface area contributed by atoms with Crippen LogP contribution in [0.4, 0.5) is 0 Å². The first-order valence-corrected chi connectivity index (χ1v) is 5.60. The quantitative estimate of drug-likeness (QED) is 0.573. The van der Waals surface area contributed by atoms with Crippen molar-refractivity contribution in [2.45, 2.75) is 19.4 Å². The molecule has 1 atom stereocenters. The SMILES string of the molecule is COCCOCCCNC(C)C(=O)N(C)C. The normalized spacial score (nSPS) is 12.5. The van der Waals surface area contributed by atoms with Crippen molar-refractivity contribution in [2.75, 3.05) is 47.6 Å². The minimum absolute atomic E-state index is 0.0975. The third-order valence-electron chi connectivity index (χ3n) is 2.16. The van der Waals surface area contributed by atoms with Gasteiger partial charge >= 0.3 is 0 Å². The van der Waals surface area contributed by atoms with Gasteiger partial charge in [-0.25, -0.2) is 0 Å². The lowest BCUT2D eigenvalue weighted by molar-refractivity contribution is -0.130. The van der Waals surface area contributed by atoms with E-state index in [2.05, 4.69) is 5.32 Å². The fraction of sp³-hybridized carbons (Fsp3) is 0.909. The molecule has 0 heterocycles. The zero-order chi connectivity index (χ0) is 12.4. The lowest BCUT2D eigenvalue weighted by atomic mass is 10.3. The van der Waals surface area contributed by atoms with Crippen LogP contribution in [-0.4, -0.2) is 64.4 Å². The van der Waals surface area contributed by atoms with E-state index in [1.165, 1.54) is 0 Å². The molecule has 0 fully saturated rings. The number of carbonyl (C=O) groups excluding carboxylic acids is 1. The Labute approximate surface area is 98.1 Å². The molecule has 0 rings (SSSR count). The maximum absolute atomic E-state index is 11.5. The second-order valence-electron chi connectivity index (χ2n) is 3.87. The number of nitrogens with zero attached hydrogens (tertiary/aromatic N) is 1. The molecule has 1 N–H and O–H groups in total. The van der Waals surface area contributed by atoms with E-state index >= 15 is 0 Å². The summed E-state index contributed by atoms with van der Waals surface area (Å²) in [4.78, 5) is 13.1.